The molecule has 1 aromatic heterocycles. The summed E-state index contributed by atoms with van der Waals surface area (Å²) in [4.78, 5) is 0. The van der Waals surface area contributed by atoms with Gasteiger partial charge in [0.15, 0.2) is 5.75 Å². The van der Waals surface area contributed by atoms with Crippen molar-refractivity contribution in [2.45, 2.75) is 38.3 Å². The van der Waals surface area contributed by atoms with Crippen LogP contribution in [0.4, 0.5) is 0 Å². The van der Waals surface area contributed by atoms with E-state index in [1.54, 1.807) is 11.1 Å². The van der Waals surface area contributed by atoms with E-state index in [2.05, 4.69) is 76.5 Å². The minimum Gasteiger partial charge on any atom is -0.505 e. The smallest absolute Gasteiger partial charge is 0.153 e. The lowest BCUT2D eigenvalue weighted by Gasteiger charge is -2.27. The van der Waals surface area contributed by atoms with Crippen LogP contribution in [-0.2, 0) is 25.9 Å². The molecule has 2 N–H and O–H groups in total. The van der Waals surface area contributed by atoms with E-state index in [0.717, 1.165) is 19.5 Å². The quantitative estimate of drug-likeness (QED) is 0.284. The Kier molecular flexibility index (Phi) is 5.12. The number of hydrogen-bond acceptors (Lipinski definition) is 3. The second-order valence-corrected chi connectivity index (χ2v) is 9.14. The summed E-state index contributed by atoms with van der Waals surface area (Å²) in [5.41, 5.74) is 7.64. The first-order chi connectivity index (χ1) is 16.3. The molecular weight excluding hydrogens is 406 g/mol. The molecule has 3 heteroatoms. The molecule has 4 aromatic carbocycles. The molecule has 0 amide bonds. The Morgan fingerprint density at radius 1 is 0.788 bits per heavy atom. The zero-order valence-corrected chi connectivity index (χ0v) is 18.6. The second kappa shape index (κ2) is 8.42. The predicted octanol–water partition coefficient (Wildman–Crippen LogP) is 6.85. The molecule has 5 aromatic rings. The molecule has 0 spiro atoms. The van der Waals surface area contributed by atoms with Crippen molar-refractivity contribution in [3.8, 4) is 5.75 Å². The Morgan fingerprint density at radius 3 is 2.48 bits per heavy atom. The molecule has 0 fully saturated rings. The molecule has 164 valence electrons. The van der Waals surface area contributed by atoms with Gasteiger partial charge >= 0.3 is 0 Å². The van der Waals surface area contributed by atoms with Crippen LogP contribution in [-0.4, -0.2) is 5.11 Å². The zero-order chi connectivity index (χ0) is 22.2. The van der Waals surface area contributed by atoms with Crippen LogP contribution in [0.2, 0.25) is 0 Å². The van der Waals surface area contributed by atoms with Crippen molar-refractivity contribution >= 4 is 21.5 Å². The van der Waals surface area contributed by atoms with Crippen LogP contribution >= 0.6 is 0 Å². The molecule has 1 atom stereocenters. The Hall–Kier alpha value is -3.56. The summed E-state index contributed by atoms with van der Waals surface area (Å²) >= 11 is 0. The lowest BCUT2D eigenvalue weighted by atomic mass is 9.77. The van der Waals surface area contributed by atoms with E-state index in [-0.39, 0.29) is 5.75 Å². The van der Waals surface area contributed by atoms with Crippen LogP contribution in [0.5, 0.6) is 5.75 Å². The van der Waals surface area contributed by atoms with E-state index in [4.69, 9.17) is 5.11 Å². The minimum absolute atomic E-state index is 0.176. The Labute approximate surface area is 193 Å². The summed E-state index contributed by atoms with van der Waals surface area (Å²) in [7, 11) is 0. The van der Waals surface area contributed by atoms with Crippen LogP contribution < -0.4 is 5.32 Å². The fourth-order valence-electron chi connectivity index (χ4n) is 5.46. The number of furan rings is 1. The third kappa shape index (κ3) is 3.79. The fourth-order valence-corrected chi connectivity index (χ4v) is 5.46. The molecule has 2 heterocycles. The van der Waals surface area contributed by atoms with E-state index in [0.29, 0.717) is 5.92 Å². The molecule has 33 heavy (non-hydrogen) atoms. The largest absolute Gasteiger partial charge is 0.505 e. The van der Waals surface area contributed by atoms with Crippen molar-refractivity contribution in [1.29, 1.82) is 0 Å². The lowest BCUT2D eigenvalue weighted by molar-refractivity contribution is 0.458. The second-order valence-electron chi connectivity index (χ2n) is 9.14. The standard InChI is InChI=1S/C26H23N.C4H4O2/c1-2-4-23-17(3-1)9-12-25-24(23)11-10-18-5-6-20(14-26(18)25)19-7-8-21-15-27-16-22(21)13-19;5-4-1-2-6-3-4/h1-4,7-13,20,27H,5-6,14-16H2;1-3,5H. The molecule has 1 unspecified atom stereocenters. The third-order valence-electron chi connectivity index (χ3n) is 7.19. The number of rotatable bonds is 1. The number of benzene rings is 4. The van der Waals surface area contributed by atoms with Gasteiger partial charge in [-0.1, -0.05) is 66.7 Å². The Balaban J connectivity index is 0.000000302. The van der Waals surface area contributed by atoms with E-state index in [9.17, 15) is 0 Å². The van der Waals surface area contributed by atoms with Crippen molar-refractivity contribution in [1.82, 2.24) is 5.32 Å². The van der Waals surface area contributed by atoms with Gasteiger partial charge in [0.1, 0.15) is 6.26 Å². The highest BCUT2D eigenvalue weighted by Crippen LogP contribution is 2.39. The number of nitrogens with one attached hydrogen (secondary N) is 1. The van der Waals surface area contributed by atoms with E-state index >= 15 is 0 Å². The molecule has 1 aliphatic carbocycles. The molecule has 0 saturated carbocycles. The Morgan fingerprint density at radius 2 is 1.64 bits per heavy atom. The van der Waals surface area contributed by atoms with Gasteiger partial charge in [0.25, 0.3) is 0 Å². The van der Waals surface area contributed by atoms with Gasteiger partial charge in [-0.05, 0) is 74.5 Å². The van der Waals surface area contributed by atoms with E-state index in [1.807, 2.05) is 0 Å². The van der Waals surface area contributed by atoms with Crippen molar-refractivity contribution < 1.29 is 9.52 Å². The highest BCUT2D eigenvalue weighted by atomic mass is 16.3. The summed E-state index contributed by atoms with van der Waals surface area (Å²) < 4.78 is 4.46. The molecule has 2 aliphatic rings. The summed E-state index contributed by atoms with van der Waals surface area (Å²) in [6.07, 6.45) is 6.29. The molecule has 0 saturated heterocycles. The lowest BCUT2D eigenvalue weighted by Crippen LogP contribution is -2.13. The van der Waals surface area contributed by atoms with Crippen LogP contribution in [0.1, 0.15) is 40.2 Å². The first-order valence-corrected chi connectivity index (χ1v) is 11.7. The van der Waals surface area contributed by atoms with Crippen LogP contribution in [0, 0.1) is 0 Å². The molecule has 0 bridgehead atoms. The molecule has 7 rings (SSSR count). The van der Waals surface area contributed by atoms with Gasteiger partial charge in [-0.25, -0.2) is 0 Å². The molecule has 3 nitrogen and oxygen atoms in total. The number of fused-ring (bicyclic) bond motifs is 6. The van der Waals surface area contributed by atoms with Crippen LogP contribution in [0.25, 0.3) is 21.5 Å². The topological polar surface area (TPSA) is 45.4 Å². The maximum absolute atomic E-state index is 8.38. The summed E-state index contributed by atoms with van der Waals surface area (Å²) in [6, 6.07) is 26.8. The van der Waals surface area contributed by atoms with Gasteiger partial charge in [0.05, 0.1) is 6.26 Å². The zero-order valence-electron chi connectivity index (χ0n) is 18.6. The summed E-state index contributed by atoms with van der Waals surface area (Å²) in [5, 5.41) is 17.4. The normalized spacial score (nSPS) is 16.8. The van der Waals surface area contributed by atoms with Gasteiger partial charge in [0.2, 0.25) is 0 Å². The van der Waals surface area contributed by atoms with Gasteiger partial charge in [-0.2, -0.15) is 0 Å². The number of aromatic hydroxyl groups is 1. The third-order valence-corrected chi connectivity index (χ3v) is 7.19. The summed E-state index contributed by atoms with van der Waals surface area (Å²) in [6.45, 7) is 2.06. The van der Waals surface area contributed by atoms with Crippen LogP contribution in [0.15, 0.2) is 89.7 Å². The maximum atomic E-state index is 8.38. The Bertz CT molecular complexity index is 1440. The van der Waals surface area contributed by atoms with Crippen LogP contribution in [0.3, 0.4) is 0 Å². The monoisotopic (exact) mass is 433 g/mol. The maximum Gasteiger partial charge on any atom is 0.153 e. The van der Waals surface area contributed by atoms with Gasteiger partial charge in [-0.15, -0.1) is 0 Å². The molecule has 1 aliphatic heterocycles. The predicted molar refractivity (Wildman–Crippen MR) is 134 cm³/mol. The number of aryl methyl sites for hydroxylation is 1. The first kappa shape index (κ1) is 20.1. The van der Waals surface area contributed by atoms with Crippen molar-refractivity contribution in [3.05, 3.63) is 113 Å². The van der Waals surface area contributed by atoms with Crippen molar-refractivity contribution in [2.75, 3.05) is 0 Å². The van der Waals surface area contributed by atoms with Gasteiger partial charge in [-0.3, -0.25) is 0 Å². The number of hydrogen-bond donors (Lipinski definition) is 2. The van der Waals surface area contributed by atoms with E-state index < -0.39 is 0 Å². The SMILES string of the molecule is Oc1ccoc1.c1ccc2c(c1)ccc1c3c(ccc12)CCC(c1ccc2c(c1)CNC2)C3. The average Bonchev–Trinajstić information content (AvgIpc) is 3.54. The molecular formula is C30H27NO2. The summed E-state index contributed by atoms with van der Waals surface area (Å²) in [5.74, 6) is 0.815. The minimum atomic E-state index is 0.176. The highest BCUT2D eigenvalue weighted by Gasteiger charge is 2.23. The first-order valence-electron chi connectivity index (χ1n) is 11.7. The fraction of sp³-hybridized carbons (Fsp3) is 0.200. The van der Waals surface area contributed by atoms with Gasteiger partial charge < -0.3 is 14.8 Å². The average molecular weight is 434 g/mol. The van der Waals surface area contributed by atoms with E-state index in [1.165, 1.54) is 69.7 Å². The van der Waals surface area contributed by atoms with Gasteiger partial charge in [0, 0.05) is 19.2 Å². The van der Waals surface area contributed by atoms with Crippen molar-refractivity contribution in [2.24, 2.45) is 0 Å². The molecule has 0 radical (unpaired) electrons. The highest BCUT2D eigenvalue weighted by molar-refractivity contribution is 6.08. The van der Waals surface area contributed by atoms with Crippen molar-refractivity contribution in [3.63, 3.8) is 0 Å².